The average molecular weight is 274 g/mol. The fourth-order valence-corrected chi connectivity index (χ4v) is 2.86. The number of aromatic nitrogens is 3. The van der Waals surface area contributed by atoms with E-state index < -0.39 is 15.6 Å². The van der Waals surface area contributed by atoms with Gasteiger partial charge in [0.05, 0.1) is 0 Å². The van der Waals surface area contributed by atoms with Gasteiger partial charge in [0.2, 0.25) is 0 Å². The van der Waals surface area contributed by atoms with Gasteiger partial charge in [-0.15, -0.1) is 10.2 Å². The van der Waals surface area contributed by atoms with Crippen LogP contribution in [0.4, 0.5) is 0 Å². The third-order valence-electron chi connectivity index (χ3n) is 2.80. The summed E-state index contributed by atoms with van der Waals surface area (Å²) < 4.78 is 30.2. The zero-order valence-electron chi connectivity index (χ0n) is 10.8. The molecular formula is C10H18N4O3S. The molecule has 1 fully saturated rings. The normalized spacial score (nSPS) is 21.4. The smallest absolute Gasteiger partial charge is 0.273 e. The Morgan fingerprint density at radius 1 is 1.39 bits per heavy atom. The topological polar surface area (TPSA) is 100 Å². The van der Waals surface area contributed by atoms with Crippen molar-refractivity contribution in [2.75, 3.05) is 6.61 Å². The lowest BCUT2D eigenvalue weighted by Crippen LogP contribution is -2.30. The Kier molecular flexibility index (Phi) is 3.20. The van der Waals surface area contributed by atoms with Gasteiger partial charge in [0.1, 0.15) is 6.10 Å². The molecule has 7 nitrogen and oxygen atoms in total. The molecule has 0 amide bonds. The van der Waals surface area contributed by atoms with Gasteiger partial charge in [-0.25, -0.2) is 13.6 Å². The van der Waals surface area contributed by atoms with Crippen molar-refractivity contribution in [3.05, 3.63) is 5.82 Å². The zero-order chi connectivity index (χ0) is 13.6. The Bertz CT molecular complexity index is 538. The van der Waals surface area contributed by atoms with Gasteiger partial charge < -0.3 is 4.74 Å². The molecule has 2 rings (SSSR count). The van der Waals surface area contributed by atoms with Crippen LogP contribution in [-0.4, -0.2) is 29.8 Å². The Balaban J connectivity index is 2.58. The minimum absolute atomic E-state index is 0.202. The monoisotopic (exact) mass is 274 g/mol. The van der Waals surface area contributed by atoms with Gasteiger partial charge in [-0.05, 0) is 33.6 Å². The van der Waals surface area contributed by atoms with Crippen LogP contribution in [0.2, 0.25) is 0 Å². The maximum Gasteiger partial charge on any atom is 0.273 e. The number of sulfonamides is 1. The second-order valence-corrected chi connectivity index (χ2v) is 6.85. The van der Waals surface area contributed by atoms with Gasteiger partial charge in [-0.2, -0.15) is 0 Å². The fraction of sp³-hybridized carbons (Fsp3) is 0.800. The highest BCUT2D eigenvalue weighted by Gasteiger charge is 2.33. The van der Waals surface area contributed by atoms with E-state index in [4.69, 9.17) is 9.88 Å². The molecule has 0 aliphatic carbocycles. The molecule has 0 bridgehead atoms. The average Bonchev–Trinajstić information content (AvgIpc) is 2.83. The molecular weight excluding hydrogens is 256 g/mol. The molecule has 1 aromatic rings. The van der Waals surface area contributed by atoms with Gasteiger partial charge in [-0.1, -0.05) is 0 Å². The summed E-state index contributed by atoms with van der Waals surface area (Å²) in [6, 6.07) is 0. The molecule has 0 aromatic carbocycles. The van der Waals surface area contributed by atoms with E-state index in [1.54, 1.807) is 4.57 Å². The van der Waals surface area contributed by atoms with Crippen molar-refractivity contribution in [2.45, 2.75) is 50.4 Å². The van der Waals surface area contributed by atoms with Crippen molar-refractivity contribution in [1.29, 1.82) is 0 Å². The van der Waals surface area contributed by atoms with E-state index in [0.29, 0.717) is 12.4 Å². The van der Waals surface area contributed by atoms with E-state index in [2.05, 4.69) is 10.2 Å². The molecule has 0 radical (unpaired) electrons. The summed E-state index contributed by atoms with van der Waals surface area (Å²) >= 11 is 0. The molecule has 1 aromatic heterocycles. The van der Waals surface area contributed by atoms with Crippen molar-refractivity contribution in [1.82, 2.24) is 14.8 Å². The molecule has 18 heavy (non-hydrogen) atoms. The van der Waals surface area contributed by atoms with Crippen LogP contribution in [0.25, 0.3) is 0 Å². The second-order valence-electron chi connectivity index (χ2n) is 5.39. The quantitative estimate of drug-likeness (QED) is 0.848. The van der Waals surface area contributed by atoms with Gasteiger partial charge >= 0.3 is 0 Å². The van der Waals surface area contributed by atoms with E-state index >= 15 is 0 Å². The third kappa shape index (κ3) is 2.40. The van der Waals surface area contributed by atoms with Crippen LogP contribution in [0.15, 0.2) is 5.16 Å². The number of hydrogen-bond acceptors (Lipinski definition) is 5. The first-order valence-corrected chi connectivity index (χ1v) is 7.36. The van der Waals surface area contributed by atoms with Crippen LogP contribution in [0, 0.1) is 0 Å². The fourth-order valence-electron chi connectivity index (χ4n) is 2.09. The summed E-state index contributed by atoms with van der Waals surface area (Å²) in [6.07, 6.45) is 1.55. The molecule has 1 saturated heterocycles. The number of hydrogen-bond donors (Lipinski definition) is 1. The van der Waals surface area contributed by atoms with E-state index in [0.717, 1.165) is 12.8 Å². The van der Waals surface area contributed by atoms with Crippen LogP contribution in [0.5, 0.6) is 0 Å². The van der Waals surface area contributed by atoms with E-state index in [9.17, 15) is 8.42 Å². The van der Waals surface area contributed by atoms with Crippen LogP contribution in [-0.2, 0) is 20.3 Å². The third-order valence-corrected chi connectivity index (χ3v) is 3.57. The Morgan fingerprint density at radius 3 is 2.50 bits per heavy atom. The predicted molar refractivity (Wildman–Crippen MR) is 64.3 cm³/mol. The van der Waals surface area contributed by atoms with Crippen molar-refractivity contribution in [3.63, 3.8) is 0 Å². The molecule has 0 spiro atoms. The molecule has 2 heterocycles. The first kappa shape index (κ1) is 13.4. The number of nitrogens with two attached hydrogens (primary N) is 1. The van der Waals surface area contributed by atoms with Crippen LogP contribution in [0.3, 0.4) is 0 Å². The summed E-state index contributed by atoms with van der Waals surface area (Å²) in [7, 11) is -3.89. The largest absolute Gasteiger partial charge is 0.370 e. The molecule has 102 valence electrons. The van der Waals surface area contributed by atoms with Gasteiger partial charge in [0, 0.05) is 12.1 Å². The summed E-state index contributed by atoms with van der Waals surface area (Å²) in [5.41, 5.74) is -0.480. The van der Waals surface area contributed by atoms with Crippen LogP contribution in [0.1, 0.15) is 45.5 Å². The molecule has 1 aliphatic heterocycles. The predicted octanol–water partition coefficient (Wildman–Crippen LogP) is 0.532. The lowest BCUT2D eigenvalue weighted by molar-refractivity contribution is 0.0965. The van der Waals surface area contributed by atoms with Crippen LogP contribution < -0.4 is 5.14 Å². The number of nitrogens with zero attached hydrogens (tertiary/aromatic N) is 3. The van der Waals surface area contributed by atoms with E-state index in [-0.39, 0.29) is 11.3 Å². The lowest BCUT2D eigenvalue weighted by Gasteiger charge is -2.25. The number of primary sulfonamides is 1. The standard InChI is InChI=1S/C10H18N4O3S/c1-10(2,3)14-8(7-5-4-6-17-7)12-13-9(14)18(11,15)16/h7H,4-6H2,1-3H3,(H2,11,15,16). The highest BCUT2D eigenvalue weighted by atomic mass is 32.2. The Labute approximate surface area is 106 Å². The minimum atomic E-state index is -3.89. The molecule has 8 heteroatoms. The van der Waals surface area contributed by atoms with Crippen LogP contribution >= 0.6 is 0 Å². The van der Waals surface area contributed by atoms with Crippen molar-refractivity contribution in [3.8, 4) is 0 Å². The Morgan fingerprint density at radius 2 is 2.06 bits per heavy atom. The van der Waals surface area contributed by atoms with E-state index in [1.165, 1.54) is 0 Å². The molecule has 2 N–H and O–H groups in total. The number of rotatable bonds is 2. The van der Waals surface area contributed by atoms with Crippen molar-refractivity contribution in [2.24, 2.45) is 5.14 Å². The molecule has 1 atom stereocenters. The summed E-state index contributed by atoms with van der Waals surface area (Å²) in [4.78, 5) is 0. The highest BCUT2D eigenvalue weighted by Crippen LogP contribution is 2.31. The van der Waals surface area contributed by atoms with Crippen molar-refractivity contribution >= 4 is 10.0 Å². The maximum absolute atomic E-state index is 11.5. The summed E-state index contributed by atoms with van der Waals surface area (Å²) in [5, 5.41) is 12.6. The lowest BCUT2D eigenvalue weighted by atomic mass is 10.1. The highest BCUT2D eigenvalue weighted by molar-refractivity contribution is 7.89. The maximum atomic E-state index is 11.5. The SMILES string of the molecule is CC(C)(C)n1c(C2CCCO2)nnc1S(N)(=O)=O. The van der Waals surface area contributed by atoms with Crippen molar-refractivity contribution < 1.29 is 13.2 Å². The van der Waals surface area contributed by atoms with E-state index in [1.807, 2.05) is 20.8 Å². The summed E-state index contributed by atoms with van der Waals surface area (Å²) in [6.45, 7) is 6.29. The first-order valence-electron chi connectivity index (χ1n) is 5.81. The first-order chi connectivity index (χ1) is 8.21. The van der Waals surface area contributed by atoms with Gasteiger partial charge in [0.25, 0.3) is 15.2 Å². The Hall–Kier alpha value is -0.990. The minimum Gasteiger partial charge on any atom is -0.370 e. The molecule has 1 aliphatic rings. The summed E-state index contributed by atoms with van der Waals surface area (Å²) in [5.74, 6) is 0.532. The van der Waals surface area contributed by atoms with Gasteiger partial charge in [0.15, 0.2) is 5.82 Å². The molecule has 1 unspecified atom stereocenters. The van der Waals surface area contributed by atoms with Gasteiger partial charge in [-0.3, -0.25) is 4.57 Å². The number of ether oxygens (including phenoxy) is 1. The second kappa shape index (κ2) is 4.29. The zero-order valence-corrected chi connectivity index (χ0v) is 11.6. The molecule has 0 saturated carbocycles.